The Labute approximate surface area is 202 Å². The lowest BCUT2D eigenvalue weighted by atomic mass is 9.77. The Kier molecular flexibility index (Phi) is 6.13. The van der Waals surface area contributed by atoms with E-state index in [1.165, 1.54) is 6.42 Å². The van der Waals surface area contributed by atoms with E-state index in [2.05, 4.69) is 20.2 Å². The first-order valence-electron chi connectivity index (χ1n) is 11.4. The number of para-hydroxylation sites is 1. The number of hydrogen-bond donors (Lipinski definition) is 2. The Morgan fingerprint density at radius 1 is 1.06 bits per heavy atom. The normalized spacial score (nSPS) is 19.3. The highest BCUT2D eigenvalue weighted by molar-refractivity contribution is 7.91. The number of aromatic nitrogens is 2. The molecular weight excluding hydrogens is 472 g/mol. The van der Waals surface area contributed by atoms with Crippen LogP contribution in [0.5, 0.6) is 5.75 Å². The first-order chi connectivity index (χ1) is 16.4. The number of nitrogens with zero attached hydrogens (tertiary/aromatic N) is 2. The SMILES string of the molecule is Cc1ccccc1C(=O)Nc1nnc(S(=O)(=O)N[C@@H]2CC3(CCCCC3)Oc3ccccc32)s1. The van der Waals surface area contributed by atoms with E-state index in [4.69, 9.17) is 4.74 Å². The molecule has 8 nitrogen and oxygen atoms in total. The summed E-state index contributed by atoms with van der Waals surface area (Å²) < 4.78 is 35.5. The average molecular weight is 499 g/mol. The number of anilines is 1. The fraction of sp³-hybridized carbons (Fsp3) is 0.375. The van der Waals surface area contributed by atoms with Gasteiger partial charge in [0.2, 0.25) is 9.47 Å². The number of aryl methyl sites for hydroxylation is 1. The van der Waals surface area contributed by atoms with Crippen molar-refractivity contribution in [2.75, 3.05) is 5.32 Å². The highest BCUT2D eigenvalue weighted by Crippen LogP contribution is 2.46. The number of carbonyl (C=O) groups excluding carboxylic acids is 1. The van der Waals surface area contributed by atoms with Crippen LogP contribution in [0.15, 0.2) is 52.9 Å². The lowest BCUT2D eigenvalue weighted by Gasteiger charge is -2.44. The Balaban J connectivity index is 1.36. The molecule has 1 fully saturated rings. The van der Waals surface area contributed by atoms with E-state index in [9.17, 15) is 13.2 Å². The molecule has 1 amide bonds. The Morgan fingerprint density at radius 3 is 2.59 bits per heavy atom. The van der Waals surface area contributed by atoms with Crippen LogP contribution in [-0.4, -0.2) is 30.1 Å². The minimum absolute atomic E-state index is 0.129. The summed E-state index contributed by atoms with van der Waals surface area (Å²) in [6.07, 6.45) is 5.70. The maximum absolute atomic E-state index is 13.2. The van der Waals surface area contributed by atoms with Crippen molar-refractivity contribution in [1.82, 2.24) is 14.9 Å². The van der Waals surface area contributed by atoms with Gasteiger partial charge in [0.05, 0.1) is 6.04 Å². The van der Waals surface area contributed by atoms with Crippen molar-refractivity contribution < 1.29 is 17.9 Å². The molecule has 1 saturated carbocycles. The summed E-state index contributed by atoms with van der Waals surface area (Å²) in [5, 5.41) is 10.5. The van der Waals surface area contributed by atoms with E-state index in [-0.39, 0.29) is 21.0 Å². The van der Waals surface area contributed by atoms with Crippen molar-refractivity contribution in [3.05, 3.63) is 65.2 Å². The summed E-state index contributed by atoms with van der Waals surface area (Å²) in [6, 6.07) is 14.3. The van der Waals surface area contributed by atoms with Crippen LogP contribution in [0, 0.1) is 6.92 Å². The number of benzene rings is 2. The third-order valence-corrected chi connectivity index (χ3v) is 9.18. The fourth-order valence-electron chi connectivity index (χ4n) is 4.82. The molecule has 2 aromatic carbocycles. The van der Waals surface area contributed by atoms with Gasteiger partial charge in [0.25, 0.3) is 15.9 Å². The molecule has 0 bridgehead atoms. The zero-order valence-corrected chi connectivity index (χ0v) is 20.4. The van der Waals surface area contributed by atoms with Gasteiger partial charge in [-0.2, -0.15) is 0 Å². The molecule has 34 heavy (non-hydrogen) atoms. The quantitative estimate of drug-likeness (QED) is 0.497. The van der Waals surface area contributed by atoms with Crippen molar-refractivity contribution in [2.45, 2.75) is 61.4 Å². The molecule has 2 heterocycles. The summed E-state index contributed by atoms with van der Waals surface area (Å²) in [5.74, 6) is 0.371. The maximum atomic E-state index is 13.2. The molecule has 0 radical (unpaired) electrons. The number of nitrogens with one attached hydrogen (secondary N) is 2. The summed E-state index contributed by atoms with van der Waals surface area (Å²) in [4.78, 5) is 12.6. The number of ether oxygens (including phenoxy) is 1. The molecule has 0 unspecified atom stereocenters. The Morgan fingerprint density at radius 2 is 1.79 bits per heavy atom. The smallest absolute Gasteiger partial charge is 0.270 e. The second-order valence-corrected chi connectivity index (χ2v) is 11.8. The molecule has 3 aromatic rings. The van der Waals surface area contributed by atoms with Crippen molar-refractivity contribution in [2.24, 2.45) is 0 Å². The lowest BCUT2D eigenvalue weighted by Crippen LogP contribution is -2.46. The third-order valence-electron chi connectivity index (χ3n) is 6.51. The van der Waals surface area contributed by atoms with Gasteiger partial charge in [-0.15, -0.1) is 10.2 Å². The molecule has 2 N–H and O–H groups in total. The van der Waals surface area contributed by atoms with Crippen LogP contribution < -0.4 is 14.8 Å². The predicted molar refractivity (Wildman–Crippen MR) is 130 cm³/mol. The zero-order valence-electron chi connectivity index (χ0n) is 18.8. The third kappa shape index (κ3) is 4.57. The highest BCUT2D eigenvalue weighted by Gasteiger charge is 2.43. The molecule has 10 heteroatoms. The van der Waals surface area contributed by atoms with E-state index in [0.29, 0.717) is 12.0 Å². The number of hydrogen-bond acceptors (Lipinski definition) is 7. The van der Waals surface area contributed by atoms with Crippen LogP contribution in [0.25, 0.3) is 0 Å². The van der Waals surface area contributed by atoms with Gasteiger partial charge < -0.3 is 4.74 Å². The highest BCUT2D eigenvalue weighted by atomic mass is 32.2. The van der Waals surface area contributed by atoms with E-state index in [0.717, 1.165) is 53.9 Å². The van der Waals surface area contributed by atoms with E-state index in [1.807, 2.05) is 43.3 Å². The lowest BCUT2D eigenvalue weighted by molar-refractivity contribution is 0.0000716. The molecular formula is C24H26N4O4S2. The second-order valence-electron chi connectivity index (χ2n) is 8.90. The second kappa shape index (κ2) is 9.09. The first kappa shape index (κ1) is 22.9. The molecule has 1 spiro atoms. The van der Waals surface area contributed by atoms with Crippen molar-refractivity contribution in [3.8, 4) is 5.75 Å². The van der Waals surface area contributed by atoms with Crippen LogP contribution in [0.4, 0.5) is 5.13 Å². The van der Waals surface area contributed by atoms with Gasteiger partial charge in [-0.25, -0.2) is 13.1 Å². The minimum atomic E-state index is -3.96. The van der Waals surface area contributed by atoms with Gasteiger partial charge in [-0.3, -0.25) is 10.1 Å². The van der Waals surface area contributed by atoms with Crippen molar-refractivity contribution in [1.29, 1.82) is 0 Å². The van der Waals surface area contributed by atoms with Gasteiger partial charge in [0, 0.05) is 17.5 Å². The number of fused-ring (bicyclic) bond motifs is 1. The van der Waals surface area contributed by atoms with Crippen LogP contribution in [0.3, 0.4) is 0 Å². The maximum Gasteiger partial charge on any atom is 0.270 e. The van der Waals surface area contributed by atoms with Crippen LogP contribution in [0.2, 0.25) is 0 Å². The topological polar surface area (TPSA) is 110 Å². The number of rotatable bonds is 5. The van der Waals surface area contributed by atoms with Crippen LogP contribution in [0.1, 0.15) is 66.1 Å². The molecule has 1 atom stereocenters. The molecule has 178 valence electrons. The Bertz CT molecular complexity index is 1320. The number of amides is 1. The number of carbonyl (C=O) groups is 1. The minimum Gasteiger partial charge on any atom is -0.487 e. The molecule has 0 saturated heterocycles. The number of sulfonamides is 1. The zero-order chi connectivity index (χ0) is 23.8. The summed E-state index contributed by atoms with van der Waals surface area (Å²) in [5.41, 5.74) is 1.78. The summed E-state index contributed by atoms with van der Waals surface area (Å²) >= 11 is 0.830. The van der Waals surface area contributed by atoms with Crippen LogP contribution >= 0.6 is 11.3 Å². The molecule has 2 aliphatic rings. The summed E-state index contributed by atoms with van der Waals surface area (Å²) in [7, 11) is -3.96. The molecule has 1 aromatic heterocycles. The van der Waals surface area contributed by atoms with Crippen molar-refractivity contribution >= 4 is 32.4 Å². The standard InChI is InChI=1S/C24H26N4O4S2/c1-16-9-3-4-10-17(16)21(29)25-22-26-27-23(33-22)34(30,31)28-19-15-24(13-7-2-8-14-24)32-20-12-6-5-11-18(19)20/h3-6,9-12,19,28H,2,7-8,13-15H2,1H3,(H,25,26,29)/t19-/m1/s1. The average Bonchev–Trinajstić information content (AvgIpc) is 3.29. The van der Waals surface area contributed by atoms with Gasteiger partial charge in [0.1, 0.15) is 11.4 Å². The molecule has 1 aliphatic carbocycles. The van der Waals surface area contributed by atoms with Gasteiger partial charge in [0.15, 0.2) is 0 Å². The molecule has 1 aliphatic heterocycles. The first-order valence-corrected chi connectivity index (χ1v) is 13.7. The van der Waals surface area contributed by atoms with Crippen LogP contribution in [-0.2, 0) is 10.0 Å². The monoisotopic (exact) mass is 498 g/mol. The Hall–Kier alpha value is -2.82. The largest absolute Gasteiger partial charge is 0.487 e. The van der Waals surface area contributed by atoms with Gasteiger partial charge >= 0.3 is 0 Å². The van der Waals surface area contributed by atoms with Gasteiger partial charge in [-0.1, -0.05) is 54.2 Å². The van der Waals surface area contributed by atoms with Gasteiger partial charge in [-0.05, 0) is 50.3 Å². The fourth-order valence-corrected chi connectivity index (χ4v) is 6.95. The predicted octanol–water partition coefficient (Wildman–Crippen LogP) is 4.60. The molecule has 5 rings (SSSR count). The van der Waals surface area contributed by atoms with E-state index >= 15 is 0 Å². The van der Waals surface area contributed by atoms with Crippen molar-refractivity contribution in [3.63, 3.8) is 0 Å². The van der Waals surface area contributed by atoms with E-state index in [1.54, 1.807) is 12.1 Å². The van der Waals surface area contributed by atoms with E-state index < -0.39 is 16.1 Å². The summed E-state index contributed by atoms with van der Waals surface area (Å²) in [6.45, 7) is 1.83.